The summed E-state index contributed by atoms with van der Waals surface area (Å²) in [4.78, 5) is 10.0. The van der Waals surface area contributed by atoms with Gasteiger partial charge in [-0.25, -0.2) is 9.97 Å². The smallest absolute Gasteiger partial charge is 0.147 e. The second-order valence-corrected chi connectivity index (χ2v) is 11.0. The molecule has 0 saturated carbocycles. The molecule has 1 aliphatic rings. The van der Waals surface area contributed by atoms with Crippen molar-refractivity contribution in [2.24, 2.45) is 0 Å². The lowest BCUT2D eigenvalue weighted by atomic mass is 9.98. The normalized spacial score (nSPS) is 12.8. The molecule has 4 heteroatoms. The molecule has 9 aromatic rings. The van der Waals surface area contributed by atoms with Crippen LogP contribution in [0.2, 0.25) is 0 Å². The van der Waals surface area contributed by atoms with Crippen LogP contribution >= 0.6 is 0 Å². The van der Waals surface area contributed by atoms with Crippen molar-refractivity contribution in [3.8, 4) is 16.8 Å². The monoisotopic (exact) mass is 522 g/mol. The number of rotatable bonds is 1. The Balaban J connectivity index is 1.34. The first kappa shape index (κ1) is 21.4. The van der Waals surface area contributed by atoms with Crippen LogP contribution < -0.4 is 0 Å². The lowest BCUT2D eigenvalue weighted by Crippen LogP contribution is -1.96. The van der Waals surface area contributed by atoms with Crippen LogP contribution in [-0.2, 0) is 6.42 Å². The molecule has 41 heavy (non-hydrogen) atoms. The molecular formula is C37H22N4. The molecule has 4 nitrogen and oxygen atoms in total. The molecule has 0 aliphatic heterocycles. The van der Waals surface area contributed by atoms with E-state index in [-0.39, 0.29) is 0 Å². The Bertz CT molecular complexity index is 2550. The summed E-state index contributed by atoms with van der Waals surface area (Å²) >= 11 is 0. The fraction of sp³-hybridized carbons (Fsp3) is 0.0270. The highest BCUT2D eigenvalue weighted by Gasteiger charge is 2.26. The van der Waals surface area contributed by atoms with Crippen molar-refractivity contribution in [2.75, 3.05) is 0 Å². The van der Waals surface area contributed by atoms with E-state index < -0.39 is 0 Å². The maximum atomic E-state index is 5.19. The van der Waals surface area contributed by atoms with Crippen LogP contribution in [-0.4, -0.2) is 18.9 Å². The van der Waals surface area contributed by atoms with Gasteiger partial charge in [-0.2, -0.15) is 0 Å². The summed E-state index contributed by atoms with van der Waals surface area (Å²) in [6.07, 6.45) is 2.76. The van der Waals surface area contributed by atoms with Gasteiger partial charge in [0.1, 0.15) is 11.3 Å². The largest absolute Gasteiger partial charge is 0.309 e. The summed E-state index contributed by atoms with van der Waals surface area (Å²) in [6.45, 7) is 0. The summed E-state index contributed by atoms with van der Waals surface area (Å²) in [5.41, 5.74) is 13.0. The molecule has 190 valence electrons. The summed E-state index contributed by atoms with van der Waals surface area (Å²) in [7, 11) is 0. The fourth-order valence-corrected chi connectivity index (χ4v) is 7.26. The van der Waals surface area contributed by atoms with Crippen molar-refractivity contribution in [3.63, 3.8) is 0 Å². The number of benzene rings is 5. The quantitative estimate of drug-likeness (QED) is 0.202. The SMILES string of the molecule is c1ccc(-n2c3ccccc3c3cc4c(cc32)-c2ccc3c5cccnc5n5c6ccccc6nc5c3c2C4)cc1. The summed E-state index contributed by atoms with van der Waals surface area (Å²) in [6, 6.07) is 41.5. The van der Waals surface area contributed by atoms with E-state index in [4.69, 9.17) is 9.97 Å². The maximum Gasteiger partial charge on any atom is 0.147 e. The highest BCUT2D eigenvalue weighted by atomic mass is 15.1. The molecule has 1 aliphatic carbocycles. The number of imidazole rings is 1. The van der Waals surface area contributed by atoms with Gasteiger partial charge in [-0.1, -0.05) is 60.7 Å². The molecule has 4 aromatic heterocycles. The van der Waals surface area contributed by atoms with E-state index in [9.17, 15) is 0 Å². The van der Waals surface area contributed by atoms with Crippen molar-refractivity contribution < 1.29 is 0 Å². The molecule has 0 bridgehead atoms. The van der Waals surface area contributed by atoms with Gasteiger partial charge in [-0.3, -0.25) is 4.40 Å². The minimum atomic E-state index is 0.882. The van der Waals surface area contributed by atoms with Crippen LogP contribution in [0.25, 0.3) is 77.1 Å². The van der Waals surface area contributed by atoms with E-state index in [0.717, 1.165) is 34.1 Å². The first-order chi connectivity index (χ1) is 20.3. The Morgan fingerprint density at radius 2 is 1.37 bits per heavy atom. The first-order valence-corrected chi connectivity index (χ1v) is 14.1. The standard InChI is InChI=1S/C37H22N4/c1-2-9-23(10-3-1)40-32-14-6-4-11-25(32)29-19-22-20-30-24(28(22)21-34(29)40)16-17-26-27-12-8-18-38-36(27)41-33-15-7-5-13-31(33)39-37(41)35(26)30/h1-19,21H,20H2. The fourth-order valence-electron chi connectivity index (χ4n) is 7.26. The Labute approximate surface area is 234 Å². The van der Waals surface area contributed by atoms with E-state index in [1.54, 1.807) is 0 Å². The van der Waals surface area contributed by atoms with E-state index in [1.807, 2.05) is 12.3 Å². The van der Waals surface area contributed by atoms with Crippen molar-refractivity contribution in [3.05, 3.63) is 133 Å². The third-order valence-corrected chi connectivity index (χ3v) is 8.96. The Morgan fingerprint density at radius 3 is 2.29 bits per heavy atom. The second kappa shape index (κ2) is 7.58. The second-order valence-electron chi connectivity index (χ2n) is 11.0. The molecule has 4 heterocycles. The number of pyridine rings is 2. The van der Waals surface area contributed by atoms with Gasteiger partial charge in [0, 0.05) is 33.4 Å². The lowest BCUT2D eigenvalue weighted by Gasteiger charge is -2.12. The molecule has 0 atom stereocenters. The summed E-state index contributed by atoms with van der Waals surface area (Å²) in [5, 5.41) is 6.19. The number of aromatic nitrogens is 4. The van der Waals surface area contributed by atoms with Crippen molar-refractivity contribution in [2.45, 2.75) is 6.42 Å². The van der Waals surface area contributed by atoms with Gasteiger partial charge in [0.15, 0.2) is 0 Å². The number of fused-ring (bicyclic) bond motifs is 15. The van der Waals surface area contributed by atoms with Gasteiger partial charge in [0.25, 0.3) is 0 Å². The Morgan fingerprint density at radius 1 is 0.561 bits per heavy atom. The minimum Gasteiger partial charge on any atom is -0.309 e. The predicted octanol–water partition coefficient (Wildman–Crippen LogP) is 8.86. The zero-order chi connectivity index (χ0) is 26.7. The molecule has 0 spiro atoms. The molecule has 10 rings (SSSR count). The molecule has 0 saturated heterocycles. The van der Waals surface area contributed by atoms with Crippen LogP contribution in [0.3, 0.4) is 0 Å². The highest BCUT2D eigenvalue weighted by molar-refractivity contribution is 6.17. The molecule has 0 fully saturated rings. The number of hydrogen-bond acceptors (Lipinski definition) is 2. The third-order valence-electron chi connectivity index (χ3n) is 8.96. The van der Waals surface area contributed by atoms with Crippen LogP contribution in [0.15, 0.2) is 121 Å². The number of para-hydroxylation sites is 4. The molecule has 0 N–H and O–H groups in total. The maximum absolute atomic E-state index is 5.19. The Hall–Kier alpha value is -5.48. The summed E-state index contributed by atoms with van der Waals surface area (Å²) < 4.78 is 4.66. The third kappa shape index (κ3) is 2.69. The van der Waals surface area contributed by atoms with Crippen LogP contribution in [0.1, 0.15) is 11.1 Å². The van der Waals surface area contributed by atoms with E-state index in [0.29, 0.717) is 0 Å². The van der Waals surface area contributed by atoms with E-state index >= 15 is 0 Å². The minimum absolute atomic E-state index is 0.882. The zero-order valence-electron chi connectivity index (χ0n) is 22.0. The van der Waals surface area contributed by atoms with Gasteiger partial charge in [0.05, 0.1) is 22.1 Å². The van der Waals surface area contributed by atoms with Crippen LogP contribution in [0, 0.1) is 0 Å². The van der Waals surface area contributed by atoms with E-state index in [1.165, 1.54) is 60.5 Å². The Kier molecular flexibility index (Phi) is 3.95. The van der Waals surface area contributed by atoms with E-state index in [2.05, 4.69) is 118 Å². The van der Waals surface area contributed by atoms with Crippen LogP contribution in [0.4, 0.5) is 0 Å². The average Bonchev–Trinajstić information content (AvgIpc) is 3.69. The number of hydrogen-bond donors (Lipinski definition) is 0. The molecule has 0 unspecified atom stereocenters. The van der Waals surface area contributed by atoms with Gasteiger partial charge in [-0.05, 0) is 88.7 Å². The van der Waals surface area contributed by atoms with Crippen molar-refractivity contribution in [1.82, 2.24) is 18.9 Å². The summed E-state index contributed by atoms with van der Waals surface area (Å²) in [5.74, 6) is 0. The predicted molar refractivity (Wildman–Crippen MR) is 168 cm³/mol. The van der Waals surface area contributed by atoms with Gasteiger partial charge in [0.2, 0.25) is 0 Å². The lowest BCUT2D eigenvalue weighted by molar-refractivity contribution is 1.18. The molecular weight excluding hydrogens is 500 g/mol. The number of nitrogens with zero attached hydrogens (tertiary/aromatic N) is 4. The molecule has 0 radical (unpaired) electrons. The molecule has 5 aromatic carbocycles. The highest BCUT2D eigenvalue weighted by Crippen LogP contribution is 2.46. The van der Waals surface area contributed by atoms with Gasteiger partial charge in [-0.15, -0.1) is 0 Å². The van der Waals surface area contributed by atoms with Gasteiger partial charge >= 0.3 is 0 Å². The zero-order valence-corrected chi connectivity index (χ0v) is 22.0. The van der Waals surface area contributed by atoms with Crippen LogP contribution in [0.5, 0.6) is 0 Å². The first-order valence-electron chi connectivity index (χ1n) is 14.1. The average molecular weight is 523 g/mol. The topological polar surface area (TPSA) is 35.1 Å². The van der Waals surface area contributed by atoms with Gasteiger partial charge < -0.3 is 4.57 Å². The molecule has 0 amide bonds. The van der Waals surface area contributed by atoms with Crippen molar-refractivity contribution >= 4 is 60.3 Å². The van der Waals surface area contributed by atoms with Crippen molar-refractivity contribution in [1.29, 1.82) is 0 Å².